The maximum absolute atomic E-state index is 13.7. The van der Waals surface area contributed by atoms with Crippen LogP contribution in [0.2, 0.25) is 0 Å². The van der Waals surface area contributed by atoms with Crippen LogP contribution in [0.1, 0.15) is 18.4 Å². The van der Waals surface area contributed by atoms with E-state index < -0.39 is 22.5 Å². The number of nitrogen functional groups attached to an aromatic ring is 1. The molecule has 0 saturated carbocycles. The van der Waals surface area contributed by atoms with Gasteiger partial charge < -0.3 is 10.6 Å². The van der Waals surface area contributed by atoms with Crippen molar-refractivity contribution in [2.75, 3.05) is 17.2 Å². The summed E-state index contributed by atoms with van der Waals surface area (Å²) in [5.74, 6) is -1.74. The van der Waals surface area contributed by atoms with Crippen molar-refractivity contribution >= 4 is 11.4 Å². The van der Waals surface area contributed by atoms with E-state index in [2.05, 4.69) is 0 Å². The van der Waals surface area contributed by atoms with Crippen molar-refractivity contribution in [2.24, 2.45) is 0 Å². The number of nitrogens with zero attached hydrogens (tertiary/aromatic N) is 1. The minimum atomic E-state index is -0.884. The lowest BCUT2D eigenvalue weighted by Crippen LogP contribution is -2.45. The first kappa shape index (κ1) is 13.7. The van der Waals surface area contributed by atoms with Crippen LogP contribution in [0, 0.1) is 11.6 Å². The minimum Gasteiger partial charge on any atom is -0.394 e. The van der Waals surface area contributed by atoms with Crippen LogP contribution in [0.4, 0.5) is 20.2 Å². The minimum absolute atomic E-state index is 0.0217. The van der Waals surface area contributed by atoms with E-state index in [1.807, 2.05) is 0 Å². The Balaban J connectivity index is 1.87. The SMILES string of the molecule is Nc1c(N2CCCC2Cc2cccc(F)c2F)c(=O)c1=O. The Morgan fingerprint density at radius 3 is 2.71 bits per heavy atom. The van der Waals surface area contributed by atoms with Crippen LogP contribution in [0.5, 0.6) is 0 Å². The fraction of sp³-hybridized carbons (Fsp3) is 0.333. The molecule has 2 aromatic rings. The molecule has 1 unspecified atom stereocenters. The second kappa shape index (κ2) is 4.95. The first-order valence-corrected chi connectivity index (χ1v) is 6.79. The number of hydrogen-bond donors (Lipinski definition) is 1. The van der Waals surface area contributed by atoms with Crippen molar-refractivity contribution in [1.82, 2.24) is 0 Å². The van der Waals surface area contributed by atoms with Gasteiger partial charge in [-0.25, -0.2) is 8.78 Å². The van der Waals surface area contributed by atoms with E-state index in [0.29, 0.717) is 6.54 Å². The standard InChI is InChI=1S/C15H14F2N2O2/c16-10-5-1-3-8(11(10)17)7-9-4-2-6-19(9)13-12(18)14(20)15(13)21/h1,3,5,9H,2,4,6-7,18H2. The summed E-state index contributed by atoms with van der Waals surface area (Å²) in [6, 6.07) is 3.91. The predicted octanol–water partition coefficient (Wildman–Crippen LogP) is 1.35. The molecular formula is C15H14F2N2O2. The molecular weight excluding hydrogens is 278 g/mol. The van der Waals surface area contributed by atoms with E-state index in [1.54, 1.807) is 4.90 Å². The summed E-state index contributed by atoms with van der Waals surface area (Å²) in [5.41, 5.74) is 4.82. The second-order valence-electron chi connectivity index (χ2n) is 5.33. The fourth-order valence-electron chi connectivity index (χ4n) is 2.98. The van der Waals surface area contributed by atoms with Crippen LogP contribution in [-0.4, -0.2) is 12.6 Å². The van der Waals surface area contributed by atoms with Crippen molar-refractivity contribution in [3.05, 3.63) is 55.8 Å². The van der Waals surface area contributed by atoms with Crippen molar-refractivity contribution in [1.29, 1.82) is 0 Å². The smallest absolute Gasteiger partial charge is 0.253 e. The first-order chi connectivity index (χ1) is 10.0. The van der Waals surface area contributed by atoms with Gasteiger partial charge in [0.25, 0.3) is 10.9 Å². The van der Waals surface area contributed by atoms with Gasteiger partial charge in [-0.3, -0.25) is 9.59 Å². The summed E-state index contributed by atoms with van der Waals surface area (Å²) < 4.78 is 27.0. The van der Waals surface area contributed by atoms with Gasteiger partial charge in [-0.05, 0) is 30.9 Å². The maximum Gasteiger partial charge on any atom is 0.253 e. The van der Waals surface area contributed by atoms with Gasteiger partial charge in [0.1, 0.15) is 11.4 Å². The van der Waals surface area contributed by atoms with E-state index in [-0.39, 0.29) is 29.4 Å². The molecule has 0 amide bonds. The lowest BCUT2D eigenvalue weighted by Gasteiger charge is -2.28. The zero-order valence-corrected chi connectivity index (χ0v) is 11.2. The molecule has 0 aromatic heterocycles. The highest BCUT2D eigenvalue weighted by molar-refractivity contribution is 5.73. The van der Waals surface area contributed by atoms with Gasteiger partial charge in [0, 0.05) is 12.6 Å². The average Bonchev–Trinajstić information content (AvgIpc) is 2.91. The molecule has 2 aromatic carbocycles. The zero-order valence-electron chi connectivity index (χ0n) is 11.2. The molecule has 0 aliphatic carbocycles. The molecule has 21 heavy (non-hydrogen) atoms. The third kappa shape index (κ3) is 2.11. The van der Waals surface area contributed by atoms with E-state index in [0.717, 1.165) is 18.9 Å². The third-order valence-electron chi connectivity index (χ3n) is 4.07. The number of hydrogen-bond acceptors (Lipinski definition) is 4. The number of benzene rings is 1. The number of halogens is 2. The topological polar surface area (TPSA) is 63.4 Å². The summed E-state index contributed by atoms with van der Waals surface area (Å²) >= 11 is 0. The van der Waals surface area contributed by atoms with Gasteiger partial charge >= 0.3 is 0 Å². The first-order valence-electron chi connectivity index (χ1n) is 6.79. The summed E-state index contributed by atoms with van der Waals surface area (Å²) in [5, 5.41) is 0. The molecule has 0 spiro atoms. The van der Waals surface area contributed by atoms with E-state index in [9.17, 15) is 18.4 Å². The molecule has 1 atom stereocenters. The van der Waals surface area contributed by atoms with Crippen molar-refractivity contribution in [2.45, 2.75) is 25.3 Å². The van der Waals surface area contributed by atoms with Crippen molar-refractivity contribution in [3.63, 3.8) is 0 Å². The van der Waals surface area contributed by atoms with Crippen molar-refractivity contribution in [3.8, 4) is 0 Å². The van der Waals surface area contributed by atoms with Gasteiger partial charge in [0.2, 0.25) is 0 Å². The lowest BCUT2D eigenvalue weighted by molar-refractivity contribution is 0.492. The van der Waals surface area contributed by atoms with Crippen LogP contribution in [0.3, 0.4) is 0 Å². The number of anilines is 2. The van der Waals surface area contributed by atoms with Crippen molar-refractivity contribution < 1.29 is 8.78 Å². The molecule has 1 saturated heterocycles. The highest BCUT2D eigenvalue weighted by Crippen LogP contribution is 2.29. The Morgan fingerprint density at radius 2 is 2.00 bits per heavy atom. The summed E-state index contributed by atoms with van der Waals surface area (Å²) in [7, 11) is 0. The largest absolute Gasteiger partial charge is 0.394 e. The van der Waals surface area contributed by atoms with Gasteiger partial charge in [-0.15, -0.1) is 0 Å². The molecule has 4 nitrogen and oxygen atoms in total. The maximum atomic E-state index is 13.7. The Labute approximate surface area is 119 Å². The van der Waals surface area contributed by atoms with Crippen LogP contribution in [-0.2, 0) is 6.42 Å². The van der Waals surface area contributed by atoms with E-state index in [4.69, 9.17) is 5.73 Å². The molecule has 6 heteroatoms. The van der Waals surface area contributed by atoms with E-state index in [1.165, 1.54) is 12.1 Å². The molecule has 1 aliphatic rings. The second-order valence-corrected chi connectivity index (χ2v) is 5.33. The number of nitrogens with two attached hydrogens (primary N) is 1. The lowest BCUT2D eigenvalue weighted by atomic mass is 10.0. The number of rotatable bonds is 3. The van der Waals surface area contributed by atoms with Gasteiger partial charge in [0.15, 0.2) is 11.6 Å². The third-order valence-corrected chi connectivity index (χ3v) is 4.07. The van der Waals surface area contributed by atoms with E-state index >= 15 is 0 Å². The molecule has 0 radical (unpaired) electrons. The molecule has 1 fully saturated rings. The van der Waals surface area contributed by atoms with Gasteiger partial charge in [-0.1, -0.05) is 12.1 Å². The predicted molar refractivity (Wildman–Crippen MR) is 76.2 cm³/mol. The van der Waals surface area contributed by atoms with Crippen LogP contribution < -0.4 is 21.5 Å². The molecule has 2 N–H and O–H groups in total. The van der Waals surface area contributed by atoms with Crippen LogP contribution in [0.25, 0.3) is 0 Å². The molecule has 1 aliphatic heterocycles. The Morgan fingerprint density at radius 1 is 1.24 bits per heavy atom. The monoisotopic (exact) mass is 292 g/mol. The zero-order chi connectivity index (χ0) is 15.1. The summed E-state index contributed by atoms with van der Waals surface area (Å²) in [6.07, 6.45) is 1.84. The normalized spacial score (nSPS) is 18.6. The van der Waals surface area contributed by atoms with Crippen LogP contribution in [0.15, 0.2) is 27.8 Å². The Bertz CT molecular complexity index is 765. The summed E-state index contributed by atoms with van der Waals surface area (Å²) in [6.45, 7) is 0.594. The summed E-state index contributed by atoms with van der Waals surface area (Å²) in [4.78, 5) is 24.6. The van der Waals surface area contributed by atoms with Crippen LogP contribution >= 0.6 is 0 Å². The fourth-order valence-corrected chi connectivity index (χ4v) is 2.98. The Hall–Kier alpha value is -2.24. The highest BCUT2D eigenvalue weighted by Gasteiger charge is 2.32. The van der Waals surface area contributed by atoms with Gasteiger partial charge in [0.05, 0.1) is 0 Å². The average molecular weight is 292 g/mol. The Kier molecular flexibility index (Phi) is 3.23. The molecule has 1 heterocycles. The molecule has 0 bridgehead atoms. The molecule has 110 valence electrons. The molecule has 3 rings (SSSR count). The van der Waals surface area contributed by atoms with Gasteiger partial charge in [-0.2, -0.15) is 0 Å². The highest BCUT2D eigenvalue weighted by atomic mass is 19.2. The quantitative estimate of drug-likeness (QED) is 0.868.